The highest BCUT2D eigenvalue weighted by molar-refractivity contribution is 6.34. The summed E-state index contributed by atoms with van der Waals surface area (Å²) >= 11 is 12.4. The third-order valence-corrected chi connectivity index (χ3v) is 5.84. The number of nitrogens with one attached hydrogen (secondary N) is 1. The minimum absolute atomic E-state index is 0.383. The molecule has 2 nitrogen and oxygen atoms in total. The molecule has 25 heavy (non-hydrogen) atoms. The average Bonchev–Trinajstić information content (AvgIpc) is 3.10. The lowest BCUT2D eigenvalue weighted by Gasteiger charge is -2.22. The van der Waals surface area contributed by atoms with Gasteiger partial charge in [0.25, 0.3) is 0 Å². The first-order chi connectivity index (χ1) is 12.1. The number of hydrogen-bond acceptors (Lipinski definition) is 2. The van der Waals surface area contributed by atoms with E-state index in [4.69, 9.17) is 27.9 Å². The molecule has 1 unspecified atom stereocenters. The molecule has 4 heteroatoms. The molecule has 0 bridgehead atoms. The van der Waals surface area contributed by atoms with E-state index in [0.29, 0.717) is 17.9 Å². The van der Waals surface area contributed by atoms with E-state index >= 15 is 0 Å². The van der Waals surface area contributed by atoms with Gasteiger partial charge < -0.3 is 10.1 Å². The van der Waals surface area contributed by atoms with Gasteiger partial charge in [0.2, 0.25) is 0 Å². The van der Waals surface area contributed by atoms with Gasteiger partial charge in [0, 0.05) is 16.1 Å². The van der Waals surface area contributed by atoms with Gasteiger partial charge in [-0.2, -0.15) is 0 Å². The van der Waals surface area contributed by atoms with Crippen molar-refractivity contribution < 1.29 is 4.74 Å². The Morgan fingerprint density at radius 2 is 1.88 bits per heavy atom. The zero-order valence-corrected chi connectivity index (χ0v) is 15.6. The second kappa shape index (κ2) is 7.03. The van der Waals surface area contributed by atoms with Crippen molar-refractivity contribution in [2.45, 2.75) is 18.9 Å². The van der Waals surface area contributed by atoms with Crippen LogP contribution in [0.3, 0.4) is 0 Å². The van der Waals surface area contributed by atoms with Crippen LogP contribution in [0.1, 0.15) is 24.4 Å². The summed E-state index contributed by atoms with van der Waals surface area (Å²) in [7, 11) is 1.70. The zero-order valence-electron chi connectivity index (χ0n) is 14.1. The molecule has 2 aromatic carbocycles. The molecule has 130 valence electrons. The molecule has 1 fully saturated rings. The number of fused-ring (bicyclic) bond motifs is 1. The second-order valence-corrected chi connectivity index (χ2v) is 7.86. The lowest BCUT2D eigenvalue weighted by Crippen LogP contribution is -2.18. The SMILES string of the molecule is COc1ccc2cc([C@H]3C[C@@H](C4C=C(Cl)C=C(Cl)C4)CN3)ccc2c1. The molecular formula is C21H21Cl2NO. The maximum Gasteiger partial charge on any atom is 0.119 e. The summed E-state index contributed by atoms with van der Waals surface area (Å²) in [5.41, 5.74) is 1.34. The van der Waals surface area contributed by atoms with Gasteiger partial charge in [-0.15, -0.1) is 0 Å². The van der Waals surface area contributed by atoms with Crippen LogP contribution in [-0.2, 0) is 0 Å². The number of benzene rings is 2. The highest BCUT2D eigenvalue weighted by atomic mass is 35.5. The van der Waals surface area contributed by atoms with Gasteiger partial charge in [0.1, 0.15) is 5.75 Å². The van der Waals surface area contributed by atoms with Crippen LogP contribution < -0.4 is 10.1 Å². The van der Waals surface area contributed by atoms with Crippen LogP contribution in [0.25, 0.3) is 10.8 Å². The largest absolute Gasteiger partial charge is 0.497 e. The highest BCUT2D eigenvalue weighted by Gasteiger charge is 2.31. The lowest BCUT2D eigenvalue weighted by molar-refractivity contribution is 0.415. The van der Waals surface area contributed by atoms with Crippen molar-refractivity contribution in [3.63, 3.8) is 0 Å². The molecule has 0 radical (unpaired) electrons. The van der Waals surface area contributed by atoms with Crippen LogP contribution in [0.5, 0.6) is 5.75 Å². The average molecular weight is 374 g/mol. The van der Waals surface area contributed by atoms with E-state index in [9.17, 15) is 0 Å². The topological polar surface area (TPSA) is 21.3 Å². The predicted octanol–water partition coefficient (Wildman–Crippen LogP) is 5.76. The fraction of sp³-hybridized carbons (Fsp3) is 0.333. The summed E-state index contributed by atoms with van der Waals surface area (Å²) in [6, 6.07) is 13.3. The summed E-state index contributed by atoms with van der Waals surface area (Å²) in [6.07, 6.45) is 6.03. The highest BCUT2D eigenvalue weighted by Crippen LogP contribution is 2.39. The number of rotatable bonds is 3. The Balaban J connectivity index is 1.52. The normalized spacial score (nSPS) is 26.4. The van der Waals surface area contributed by atoms with E-state index in [1.54, 1.807) is 7.11 Å². The van der Waals surface area contributed by atoms with Gasteiger partial charge >= 0.3 is 0 Å². The molecule has 1 aliphatic carbocycles. The van der Waals surface area contributed by atoms with Gasteiger partial charge in [-0.3, -0.25) is 0 Å². The van der Waals surface area contributed by atoms with Gasteiger partial charge in [0.15, 0.2) is 0 Å². The summed E-state index contributed by atoms with van der Waals surface area (Å²) in [5.74, 6) is 1.88. The Kier molecular flexibility index (Phi) is 4.77. The molecule has 2 aliphatic rings. The lowest BCUT2D eigenvalue weighted by atomic mass is 9.84. The number of allylic oxidation sites excluding steroid dienone is 4. The van der Waals surface area contributed by atoms with Crippen molar-refractivity contribution in [2.24, 2.45) is 11.8 Å². The first kappa shape index (κ1) is 17.0. The smallest absolute Gasteiger partial charge is 0.119 e. The van der Waals surface area contributed by atoms with Gasteiger partial charge in [-0.05, 0) is 71.8 Å². The van der Waals surface area contributed by atoms with E-state index < -0.39 is 0 Å². The van der Waals surface area contributed by atoms with Crippen molar-refractivity contribution in [1.29, 1.82) is 0 Å². The Morgan fingerprint density at radius 3 is 2.68 bits per heavy atom. The summed E-state index contributed by atoms with van der Waals surface area (Å²) in [4.78, 5) is 0. The van der Waals surface area contributed by atoms with Gasteiger partial charge in [0.05, 0.1) is 7.11 Å². The first-order valence-corrected chi connectivity index (χ1v) is 9.42. The molecule has 3 atom stereocenters. The number of ether oxygens (including phenoxy) is 1. The number of methoxy groups -OCH3 is 1. The summed E-state index contributed by atoms with van der Waals surface area (Å²) in [6.45, 7) is 1.00. The monoisotopic (exact) mass is 373 g/mol. The molecule has 1 saturated heterocycles. The standard InChI is InChI=1S/C21H21Cl2NO/c1-25-20-5-4-13-6-15(3-2-14(13)9-20)21-10-17(12-24-21)16-7-18(22)11-19(23)8-16/h2-7,9,11,16-17,21,24H,8,10,12H2,1H3/t16?,17-,21-/m1/s1. The maximum atomic E-state index is 6.23. The van der Waals surface area contributed by atoms with Crippen molar-refractivity contribution in [3.8, 4) is 5.75 Å². The van der Waals surface area contributed by atoms with Crippen molar-refractivity contribution in [3.05, 3.63) is 64.2 Å². The predicted molar refractivity (Wildman–Crippen MR) is 105 cm³/mol. The van der Waals surface area contributed by atoms with E-state index in [-0.39, 0.29) is 0 Å². The van der Waals surface area contributed by atoms with E-state index in [0.717, 1.165) is 35.2 Å². The first-order valence-electron chi connectivity index (χ1n) is 8.67. The van der Waals surface area contributed by atoms with E-state index in [1.807, 2.05) is 12.1 Å². The zero-order chi connectivity index (χ0) is 17.4. The molecular weight excluding hydrogens is 353 g/mol. The molecule has 2 aromatic rings. The minimum Gasteiger partial charge on any atom is -0.497 e. The molecule has 4 rings (SSSR count). The van der Waals surface area contributed by atoms with Crippen LogP contribution in [0.15, 0.2) is 58.6 Å². The summed E-state index contributed by atoms with van der Waals surface area (Å²) < 4.78 is 5.31. The number of hydrogen-bond donors (Lipinski definition) is 1. The van der Waals surface area contributed by atoms with E-state index in [2.05, 4.69) is 41.7 Å². The molecule has 0 saturated carbocycles. The molecule has 1 aliphatic heterocycles. The van der Waals surface area contributed by atoms with Crippen LogP contribution in [0.2, 0.25) is 0 Å². The molecule has 0 amide bonds. The van der Waals surface area contributed by atoms with Gasteiger partial charge in [-0.25, -0.2) is 0 Å². The Hall–Kier alpha value is -1.48. The van der Waals surface area contributed by atoms with Crippen molar-refractivity contribution in [1.82, 2.24) is 5.32 Å². The molecule has 0 spiro atoms. The van der Waals surface area contributed by atoms with Crippen molar-refractivity contribution >= 4 is 34.0 Å². The van der Waals surface area contributed by atoms with E-state index in [1.165, 1.54) is 16.3 Å². The van der Waals surface area contributed by atoms with Crippen molar-refractivity contribution in [2.75, 3.05) is 13.7 Å². The third kappa shape index (κ3) is 3.57. The van der Waals surface area contributed by atoms with Crippen LogP contribution in [-0.4, -0.2) is 13.7 Å². The van der Waals surface area contributed by atoms with Crippen LogP contribution in [0, 0.1) is 11.8 Å². The Labute approximate surface area is 158 Å². The minimum atomic E-state index is 0.383. The third-order valence-electron chi connectivity index (χ3n) is 5.34. The van der Waals surface area contributed by atoms with Gasteiger partial charge in [-0.1, -0.05) is 47.5 Å². The van der Waals surface area contributed by atoms with Crippen LogP contribution in [0.4, 0.5) is 0 Å². The molecule has 0 aromatic heterocycles. The quantitative estimate of drug-likeness (QED) is 0.737. The maximum absolute atomic E-state index is 6.23. The number of halogens is 2. The Morgan fingerprint density at radius 1 is 1.08 bits per heavy atom. The fourth-order valence-electron chi connectivity index (χ4n) is 3.98. The fourth-order valence-corrected chi connectivity index (χ4v) is 4.62. The summed E-state index contributed by atoms with van der Waals surface area (Å²) in [5, 5.41) is 7.76. The second-order valence-electron chi connectivity index (χ2n) is 6.94. The molecule has 1 N–H and O–H groups in total. The molecule has 1 heterocycles. The Bertz CT molecular complexity index is 858. The van der Waals surface area contributed by atoms with Crippen LogP contribution >= 0.6 is 23.2 Å².